The number of carboxylic acid groups (broad SMARTS) is 1. The van der Waals surface area contributed by atoms with Crippen LogP contribution in [0.2, 0.25) is 0 Å². The third kappa shape index (κ3) is 3.30. The van der Waals surface area contributed by atoms with Gasteiger partial charge in [0.15, 0.2) is 10.7 Å². The van der Waals surface area contributed by atoms with Crippen molar-refractivity contribution in [3.63, 3.8) is 0 Å². The van der Waals surface area contributed by atoms with Gasteiger partial charge < -0.3 is 14.7 Å². The maximum absolute atomic E-state index is 12.2. The number of aromatic nitrogens is 1. The number of ether oxygens (including phenoxy) is 1. The Balaban J connectivity index is 2.03. The molecule has 104 valence electrons. The van der Waals surface area contributed by atoms with Gasteiger partial charge in [0.1, 0.15) is 0 Å². The lowest BCUT2D eigenvalue weighted by molar-refractivity contribution is 0.00722. The molecule has 0 radical (unpaired) electrons. The molecule has 0 bridgehead atoms. The second kappa shape index (κ2) is 6.12. The van der Waals surface area contributed by atoms with Gasteiger partial charge in [-0.2, -0.15) is 0 Å². The summed E-state index contributed by atoms with van der Waals surface area (Å²) in [5.41, 5.74) is -0.0771. The SMILES string of the molecule is CCOC1CCCN(C(=O)c2nc(C(=O)O)cs2)C1. The second-order valence-electron chi connectivity index (χ2n) is 4.31. The van der Waals surface area contributed by atoms with Crippen molar-refractivity contribution in [2.45, 2.75) is 25.9 Å². The number of thiazole rings is 1. The van der Waals surface area contributed by atoms with Gasteiger partial charge in [-0.15, -0.1) is 11.3 Å². The molecule has 2 heterocycles. The van der Waals surface area contributed by atoms with E-state index in [4.69, 9.17) is 9.84 Å². The third-order valence-electron chi connectivity index (χ3n) is 2.97. The molecule has 0 spiro atoms. The molecule has 1 saturated heterocycles. The lowest BCUT2D eigenvalue weighted by Gasteiger charge is -2.31. The Morgan fingerprint density at radius 1 is 1.63 bits per heavy atom. The minimum atomic E-state index is -1.11. The first-order valence-corrected chi connectivity index (χ1v) is 7.09. The number of aromatic carboxylic acids is 1. The summed E-state index contributed by atoms with van der Waals surface area (Å²) in [7, 11) is 0. The van der Waals surface area contributed by atoms with E-state index in [0.29, 0.717) is 19.7 Å². The molecule has 1 N–H and O–H groups in total. The van der Waals surface area contributed by atoms with E-state index < -0.39 is 5.97 Å². The molecule has 6 nitrogen and oxygen atoms in total. The lowest BCUT2D eigenvalue weighted by atomic mass is 10.1. The molecule has 0 saturated carbocycles. The molecule has 1 fully saturated rings. The van der Waals surface area contributed by atoms with Crippen molar-refractivity contribution in [1.82, 2.24) is 9.88 Å². The number of likely N-dealkylation sites (tertiary alicyclic amines) is 1. The van der Waals surface area contributed by atoms with Gasteiger partial charge in [-0.3, -0.25) is 4.79 Å². The molecule has 2 rings (SSSR count). The summed E-state index contributed by atoms with van der Waals surface area (Å²) < 4.78 is 5.54. The van der Waals surface area contributed by atoms with Crippen LogP contribution in [0, 0.1) is 0 Å². The highest BCUT2D eigenvalue weighted by molar-refractivity contribution is 7.11. The van der Waals surface area contributed by atoms with Crippen LogP contribution in [0.5, 0.6) is 0 Å². The van der Waals surface area contributed by atoms with Crippen molar-refractivity contribution < 1.29 is 19.4 Å². The summed E-state index contributed by atoms with van der Waals surface area (Å²) >= 11 is 1.07. The number of amides is 1. The number of rotatable bonds is 4. The van der Waals surface area contributed by atoms with Crippen LogP contribution in [0.1, 0.15) is 40.1 Å². The van der Waals surface area contributed by atoms with Gasteiger partial charge in [-0.05, 0) is 19.8 Å². The van der Waals surface area contributed by atoms with Crippen LogP contribution in [0.15, 0.2) is 5.38 Å². The van der Waals surface area contributed by atoms with Gasteiger partial charge in [0.25, 0.3) is 5.91 Å². The first-order valence-electron chi connectivity index (χ1n) is 6.21. The average molecular weight is 284 g/mol. The Kier molecular flexibility index (Phi) is 4.49. The van der Waals surface area contributed by atoms with Gasteiger partial charge in [0.2, 0.25) is 0 Å². The van der Waals surface area contributed by atoms with Crippen LogP contribution >= 0.6 is 11.3 Å². The van der Waals surface area contributed by atoms with Crippen molar-refractivity contribution in [1.29, 1.82) is 0 Å². The molecule has 7 heteroatoms. The molecule has 1 aromatic heterocycles. The third-order valence-corrected chi connectivity index (χ3v) is 3.80. The van der Waals surface area contributed by atoms with Gasteiger partial charge in [-0.25, -0.2) is 9.78 Å². The van der Waals surface area contributed by atoms with Crippen LogP contribution in [0.3, 0.4) is 0 Å². The molecule has 1 amide bonds. The van der Waals surface area contributed by atoms with E-state index in [9.17, 15) is 9.59 Å². The largest absolute Gasteiger partial charge is 0.476 e. The van der Waals surface area contributed by atoms with Gasteiger partial charge in [-0.1, -0.05) is 0 Å². The maximum atomic E-state index is 12.2. The monoisotopic (exact) mass is 284 g/mol. The lowest BCUT2D eigenvalue weighted by Crippen LogP contribution is -2.43. The standard InChI is InChI=1S/C12H16N2O4S/c1-2-18-8-4-3-5-14(6-8)11(15)10-13-9(7-19-10)12(16)17/h7-8H,2-6H2,1H3,(H,16,17). The number of carboxylic acids is 1. The highest BCUT2D eigenvalue weighted by Gasteiger charge is 2.26. The Morgan fingerprint density at radius 2 is 2.42 bits per heavy atom. The van der Waals surface area contributed by atoms with Crippen LogP contribution in [-0.4, -0.2) is 52.7 Å². The quantitative estimate of drug-likeness (QED) is 0.906. The fourth-order valence-corrected chi connectivity index (χ4v) is 2.86. The first kappa shape index (κ1) is 14.0. The summed E-state index contributed by atoms with van der Waals surface area (Å²) in [6.07, 6.45) is 1.92. The summed E-state index contributed by atoms with van der Waals surface area (Å²) in [5.74, 6) is -1.32. The molecule has 0 aromatic carbocycles. The predicted molar refractivity (Wildman–Crippen MR) is 69.6 cm³/mol. The summed E-state index contributed by atoms with van der Waals surface area (Å²) in [5, 5.41) is 10.4. The van der Waals surface area contributed by atoms with Crippen molar-refractivity contribution in [2.75, 3.05) is 19.7 Å². The van der Waals surface area contributed by atoms with Crippen LogP contribution < -0.4 is 0 Å². The molecule has 1 atom stereocenters. The second-order valence-corrected chi connectivity index (χ2v) is 5.17. The van der Waals surface area contributed by atoms with E-state index >= 15 is 0 Å². The first-order chi connectivity index (χ1) is 9.11. The van der Waals surface area contributed by atoms with Gasteiger partial charge >= 0.3 is 5.97 Å². The Labute approximate surface area is 115 Å². The van der Waals surface area contributed by atoms with Crippen LogP contribution in [0.25, 0.3) is 0 Å². The fraction of sp³-hybridized carbons (Fsp3) is 0.583. The van der Waals surface area contributed by atoms with Crippen molar-refractivity contribution in [3.8, 4) is 0 Å². The Bertz CT molecular complexity index is 472. The number of carbonyl (C=O) groups excluding carboxylic acids is 1. The van der Waals surface area contributed by atoms with Crippen molar-refractivity contribution >= 4 is 23.2 Å². The predicted octanol–water partition coefficient (Wildman–Crippen LogP) is 1.48. The molecule has 1 aromatic rings. The number of hydrogen-bond acceptors (Lipinski definition) is 5. The average Bonchev–Trinajstić information content (AvgIpc) is 2.88. The molecule has 1 unspecified atom stereocenters. The van der Waals surface area contributed by atoms with E-state index in [2.05, 4.69) is 4.98 Å². The van der Waals surface area contributed by atoms with Crippen molar-refractivity contribution in [3.05, 3.63) is 16.1 Å². The van der Waals surface area contributed by atoms with E-state index in [-0.39, 0.29) is 22.7 Å². The molecule has 0 aliphatic carbocycles. The Morgan fingerprint density at radius 3 is 3.05 bits per heavy atom. The summed E-state index contributed by atoms with van der Waals surface area (Å²) in [4.78, 5) is 28.5. The minimum Gasteiger partial charge on any atom is -0.476 e. The van der Waals surface area contributed by atoms with E-state index in [1.165, 1.54) is 5.38 Å². The molecule has 1 aliphatic heterocycles. The van der Waals surface area contributed by atoms with E-state index in [1.807, 2.05) is 6.92 Å². The zero-order chi connectivity index (χ0) is 13.8. The number of carbonyl (C=O) groups is 2. The number of hydrogen-bond donors (Lipinski definition) is 1. The van der Waals surface area contributed by atoms with Gasteiger partial charge in [0.05, 0.1) is 6.10 Å². The van der Waals surface area contributed by atoms with Gasteiger partial charge in [0, 0.05) is 25.1 Å². The van der Waals surface area contributed by atoms with Crippen LogP contribution in [0.4, 0.5) is 0 Å². The Hall–Kier alpha value is -1.47. The highest BCUT2D eigenvalue weighted by Crippen LogP contribution is 2.18. The molecular weight excluding hydrogens is 268 g/mol. The highest BCUT2D eigenvalue weighted by atomic mass is 32.1. The van der Waals surface area contributed by atoms with E-state index in [1.54, 1.807) is 4.90 Å². The van der Waals surface area contributed by atoms with Crippen molar-refractivity contribution in [2.24, 2.45) is 0 Å². The molecule has 19 heavy (non-hydrogen) atoms. The minimum absolute atomic E-state index is 0.0709. The normalized spacial score (nSPS) is 19.4. The topological polar surface area (TPSA) is 79.7 Å². The molecule has 1 aliphatic rings. The molecular formula is C12H16N2O4S. The number of piperidine rings is 1. The fourth-order valence-electron chi connectivity index (χ4n) is 2.10. The van der Waals surface area contributed by atoms with E-state index in [0.717, 1.165) is 24.2 Å². The maximum Gasteiger partial charge on any atom is 0.355 e. The zero-order valence-corrected chi connectivity index (χ0v) is 11.5. The summed E-state index contributed by atoms with van der Waals surface area (Å²) in [6.45, 7) is 3.78. The summed E-state index contributed by atoms with van der Waals surface area (Å²) in [6, 6.07) is 0. The number of nitrogens with zero attached hydrogens (tertiary/aromatic N) is 2. The zero-order valence-electron chi connectivity index (χ0n) is 10.7. The smallest absolute Gasteiger partial charge is 0.355 e. The van der Waals surface area contributed by atoms with Crippen LogP contribution in [-0.2, 0) is 4.74 Å².